The van der Waals surface area contributed by atoms with E-state index in [0.717, 1.165) is 11.4 Å². The Kier molecular flexibility index (Phi) is 3.84. The van der Waals surface area contributed by atoms with Crippen LogP contribution in [0.15, 0.2) is 6.07 Å². The van der Waals surface area contributed by atoms with Gasteiger partial charge in [-0.05, 0) is 19.9 Å². The molecule has 1 aromatic heterocycles. The lowest BCUT2D eigenvalue weighted by atomic mass is 10.4. The Bertz CT molecular complexity index is 334. The van der Waals surface area contributed by atoms with Crippen molar-refractivity contribution in [2.24, 2.45) is 5.73 Å². The maximum atomic E-state index is 10.3. The second kappa shape index (κ2) is 5.14. The molecule has 6 nitrogen and oxygen atoms in total. The van der Waals surface area contributed by atoms with Gasteiger partial charge in [-0.3, -0.25) is 0 Å². The summed E-state index contributed by atoms with van der Waals surface area (Å²) in [6, 6.07) is 1.88. The lowest BCUT2D eigenvalue weighted by Crippen LogP contribution is -2.19. The van der Waals surface area contributed by atoms with Gasteiger partial charge in [0.1, 0.15) is 6.61 Å². The predicted octanol–water partition coefficient (Wildman–Crippen LogP) is 0.601. The molecule has 0 aliphatic rings. The van der Waals surface area contributed by atoms with Crippen LogP contribution in [0.4, 0.5) is 10.7 Å². The van der Waals surface area contributed by atoms with Gasteiger partial charge in [0.25, 0.3) is 0 Å². The smallest absolute Gasteiger partial charge is 0.404 e. The van der Waals surface area contributed by atoms with Gasteiger partial charge >= 0.3 is 6.09 Å². The number of nitrogens with two attached hydrogens (primary N) is 1. The van der Waals surface area contributed by atoms with E-state index >= 15 is 0 Å². The van der Waals surface area contributed by atoms with E-state index in [0.29, 0.717) is 12.5 Å². The molecule has 0 aliphatic heterocycles. The van der Waals surface area contributed by atoms with Crippen molar-refractivity contribution < 1.29 is 9.53 Å². The summed E-state index contributed by atoms with van der Waals surface area (Å²) in [5.74, 6) is 0.528. The third kappa shape index (κ3) is 4.26. The fourth-order valence-electron chi connectivity index (χ4n) is 1.12. The molecule has 6 heteroatoms. The maximum absolute atomic E-state index is 10.3. The number of ether oxygens (including phenoxy) is 1. The Morgan fingerprint density at radius 3 is 2.60 bits per heavy atom. The quantitative estimate of drug-likeness (QED) is 0.710. The highest BCUT2D eigenvalue weighted by atomic mass is 16.5. The van der Waals surface area contributed by atoms with Crippen LogP contribution in [-0.2, 0) is 4.74 Å². The van der Waals surface area contributed by atoms with Crippen LogP contribution in [0.5, 0.6) is 0 Å². The van der Waals surface area contributed by atoms with Crippen LogP contribution in [0, 0.1) is 13.8 Å². The van der Waals surface area contributed by atoms with Crippen LogP contribution in [-0.4, -0.2) is 29.2 Å². The molecule has 82 valence electrons. The third-order valence-electron chi connectivity index (χ3n) is 1.61. The van der Waals surface area contributed by atoms with Crippen LogP contribution in [0.2, 0.25) is 0 Å². The van der Waals surface area contributed by atoms with E-state index in [1.54, 1.807) is 0 Å². The summed E-state index contributed by atoms with van der Waals surface area (Å²) in [6.07, 6.45) is -0.779. The molecule has 15 heavy (non-hydrogen) atoms. The minimum atomic E-state index is -0.779. The minimum absolute atomic E-state index is 0.200. The maximum Gasteiger partial charge on any atom is 0.404 e. The molecule has 0 aromatic carbocycles. The number of hydrogen-bond donors (Lipinski definition) is 2. The molecular formula is C9H14N4O2. The monoisotopic (exact) mass is 210 g/mol. The van der Waals surface area contributed by atoms with E-state index < -0.39 is 6.09 Å². The normalized spacial score (nSPS) is 9.73. The van der Waals surface area contributed by atoms with Crippen molar-refractivity contribution in [2.75, 3.05) is 18.5 Å². The number of nitrogens with one attached hydrogen (secondary N) is 1. The average molecular weight is 210 g/mol. The van der Waals surface area contributed by atoms with Gasteiger partial charge < -0.3 is 15.8 Å². The number of nitrogens with zero attached hydrogens (tertiary/aromatic N) is 2. The van der Waals surface area contributed by atoms with Crippen LogP contribution in [0.3, 0.4) is 0 Å². The number of amides is 1. The van der Waals surface area contributed by atoms with Crippen molar-refractivity contribution in [1.82, 2.24) is 9.97 Å². The topological polar surface area (TPSA) is 90.1 Å². The van der Waals surface area contributed by atoms with Crippen LogP contribution < -0.4 is 11.1 Å². The van der Waals surface area contributed by atoms with Crippen molar-refractivity contribution >= 4 is 12.0 Å². The van der Waals surface area contributed by atoms with Crippen molar-refractivity contribution in [2.45, 2.75) is 13.8 Å². The summed E-state index contributed by atoms with van der Waals surface area (Å²) in [7, 11) is 0. The molecule has 0 unspecified atom stereocenters. The highest BCUT2D eigenvalue weighted by Gasteiger charge is 1.99. The highest BCUT2D eigenvalue weighted by Crippen LogP contribution is 2.02. The third-order valence-corrected chi connectivity index (χ3v) is 1.61. The number of rotatable bonds is 4. The molecule has 1 rings (SSSR count). The van der Waals surface area contributed by atoms with Crippen LogP contribution in [0.25, 0.3) is 0 Å². The number of primary amides is 1. The van der Waals surface area contributed by atoms with Crippen LogP contribution >= 0.6 is 0 Å². The molecule has 1 aromatic rings. The summed E-state index contributed by atoms with van der Waals surface area (Å²) in [5, 5.41) is 2.93. The molecule has 0 spiro atoms. The van der Waals surface area contributed by atoms with Gasteiger partial charge in [0, 0.05) is 11.4 Å². The molecule has 0 aliphatic carbocycles. The van der Waals surface area contributed by atoms with Gasteiger partial charge in [-0.2, -0.15) is 0 Å². The number of carbonyl (C=O) groups excluding carboxylic acids is 1. The van der Waals surface area contributed by atoms with Gasteiger partial charge in [-0.25, -0.2) is 14.8 Å². The first-order valence-corrected chi connectivity index (χ1v) is 4.56. The molecule has 3 N–H and O–H groups in total. The van der Waals surface area contributed by atoms with Crippen molar-refractivity contribution in [3.8, 4) is 0 Å². The van der Waals surface area contributed by atoms with E-state index in [4.69, 9.17) is 5.73 Å². The molecule has 0 bridgehead atoms. The Balaban J connectivity index is 2.40. The van der Waals surface area contributed by atoms with Gasteiger partial charge in [0.15, 0.2) is 0 Å². The Morgan fingerprint density at radius 2 is 2.07 bits per heavy atom. The Hall–Kier alpha value is -1.85. The lowest BCUT2D eigenvalue weighted by Gasteiger charge is -2.06. The second-order valence-electron chi connectivity index (χ2n) is 3.07. The lowest BCUT2D eigenvalue weighted by molar-refractivity contribution is 0.161. The fraction of sp³-hybridized carbons (Fsp3) is 0.444. The summed E-state index contributed by atoms with van der Waals surface area (Å²) in [4.78, 5) is 18.6. The first kappa shape index (κ1) is 11.2. The number of hydrogen-bond acceptors (Lipinski definition) is 5. The molecule has 1 amide bonds. The zero-order chi connectivity index (χ0) is 11.3. The SMILES string of the molecule is Cc1cc(C)nc(NCCOC(N)=O)n1. The zero-order valence-electron chi connectivity index (χ0n) is 8.78. The summed E-state index contributed by atoms with van der Waals surface area (Å²) in [6.45, 7) is 4.41. The van der Waals surface area contributed by atoms with Gasteiger partial charge in [0.05, 0.1) is 6.54 Å². The Morgan fingerprint density at radius 1 is 1.47 bits per heavy atom. The first-order valence-electron chi connectivity index (χ1n) is 4.56. The fourth-order valence-corrected chi connectivity index (χ4v) is 1.12. The Labute approximate surface area is 87.9 Å². The van der Waals surface area contributed by atoms with E-state index in [1.165, 1.54) is 0 Å². The largest absolute Gasteiger partial charge is 0.448 e. The molecule has 0 saturated heterocycles. The molecular weight excluding hydrogens is 196 g/mol. The zero-order valence-corrected chi connectivity index (χ0v) is 8.78. The molecule has 0 saturated carbocycles. The number of anilines is 1. The van der Waals surface area contributed by atoms with Crippen molar-refractivity contribution in [3.63, 3.8) is 0 Å². The van der Waals surface area contributed by atoms with Crippen molar-refractivity contribution in [1.29, 1.82) is 0 Å². The first-order chi connectivity index (χ1) is 7.08. The van der Waals surface area contributed by atoms with Gasteiger partial charge in [-0.1, -0.05) is 0 Å². The number of aromatic nitrogens is 2. The highest BCUT2D eigenvalue weighted by molar-refractivity contribution is 5.64. The van der Waals surface area contributed by atoms with E-state index in [2.05, 4.69) is 20.0 Å². The number of aryl methyl sites for hydroxylation is 2. The summed E-state index contributed by atoms with van der Waals surface area (Å²) in [5.41, 5.74) is 6.58. The molecule has 0 fully saturated rings. The average Bonchev–Trinajstić information content (AvgIpc) is 2.10. The van der Waals surface area contributed by atoms with E-state index in [-0.39, 0.29) is 6.61 Å². The summed E-state index contributed by atoms with van der Waals surface area (Å²) >= 11 is 0. The van der Waals surface area contributed by atoms with E-state index in [1.807, 2.05) is 19.9 Å². The molecule has 1 heterocycles. The number of carbonyl (C=O) groups is 1. The molecule has 0 atom stereocenters. The summed E-state index contributed by atoms with van der Waals surface area (Å²) < 4.78 is 4.54. The van der Waals surface area contributed by atoms with Gasteiger partial charge in [-0.15, -0.1) is 0 Å². The van der Waals surface area contributed by atoms with Crippen molar-refractivity contribution in [3.05, 3.63) is 17.5 Å². The standard InChI is InChI=1S/C9H14N4O2/c1-6-5-7(2)13-9(12-6)11-3-4-15-8(10)14/h5H,3-4H2,1-2H3,(H2,10,14)(H,11,12,13). The van der Waals surface area contributed by atoms with E-state index in [9.17, 15) is 4.79 Å². The predicted molar refractivity (Wildman–Crippen MR) is 55.5 cm³/mol. The van der Waals surface area contributed by atoms with Crippen LogP contribution in [0.1, 0.15) is 11.4 Å². The van der Waals surface area contributed by atoms with Gasteiger partial charge in [0.2, 0.25) is 5.95 Å². The minimum Gasteiger partial charge on any atom is -0.448 e. The molecule has 0 radical (unpaired) electrons. The second-order valence-corrected chi connectivity index (χ2v) is 3.07.